The Labute approximate surface area is 155 Å². The van der Waals surface area contributed by atoms with Gasteiger partial charge in [-0.1, -0.05) is 12.1 Å². The minimum atomic E-state index is 0.439. The third-order valence-electron chi connectivity index (χ3n) is 5.71. The van der Waals surface area contributed by atoms with Gasteiger partial charge in [-0.2, -0.15) is 10.1 Å². The van der Waals surface area contributed by atoms with Gasteiger partial charge in [0.05, 0.1) is 12.7 Å². The molecule has 7 heteroatoms. The van der Waals surface area contributed by atoms with Gasteiger partial charge in [0.25, 0.3) is 0 Å². The van der Waals surface area contributed by atoms with Crippen molar-refractivity contribution >= 4 is 0 Å². The molecule has 0 radical (unpaired) electrons. The Bertz CT molecular complexity index is 721. The topological polar surface area (TPSA) is 63.2 Å². The molecular formula is C19H30N6O. The molecule has 7 nitrogen and oxygen atoms in total. The molecule has 1 saturated heterocycles. The van der Waals surface area contributed by atoms with Gasteiger partial charge in [0.2, 0.25) is 5.89 Å². The fourth-order valence-corrected chi connectivity index (χ4v) is 4.31. The number of likely N-dealkylation sites (tertiary alicyclic amines) is 1. The number of hydrogen-bond donors (Lipinski definition) is 0. The number of aryl methyl sites for hydroxylation is 1. The molecule has 0 spiro atoms. The zero-order valence-corrected chi connectivity index (χ0v) is 16.1. The molecule has 2 aliphatic rings. The second-order valence-corrected chi connectivity index (χ2v) is 7.94. The maximum atomic E-state index is 5.46. The molecular weight excluding hydrogens is 328 g/mol. The Morgan fingerprint density at radius 3 is 2.85 bits per heavy atom. The molecule has 4 rings (SSSR count). The highest BCUT2D eigenvalue weighted by atomic mass is 16.5. The highest BCUT2D eigenvalue weighted by molar-refractivity contribution is 5.13. The summed E-state index contributed by atoms with van der Waals surface area (Å²) in [4.78, 5) is 9.50. The van der Waals surface area contributed by atoms with Gasteiger partial charge in [-0.15, -0.1) is 0 Å². The predicted octanol–water partition coefficient (Wildman–Crippen LogP) is 2.59. The van der Waals surface area contributed by atoms with E-state index in [9.17, 15) is 0 Å². The average Bonchev–Trinajstić information content (AvgIpc) is 3.23. The molecule has 0 unspecified atom stereocenters. The number of aromatic nitrogens is 4. The van der Waals surface area contributed by atoms with Crippen LogP contribution in [-0.2, 0) is 13.6 Å². The summed E-state index contributed by atoms with van der Waals surface area (Å²) < 4.78 is 7.37. The summed E-state index contributed by atoms with van der Waals surface area (Å²) in [5, 5.41) is 8.55. The summed E-state index contributed by atoms with van der Waals surface area (Å²) in [5.74, 6) is 2.78. The van der Waals surface area contributed by atoms with Crippen LogP contribution in [0.3, 0.4) is 0 Å². The first-order valence-electron chi connectivity index (χ1n) is 9.87. The van der Waals surface area contributed by atoms with Crippen LogP contribution in [0.2, 0.25) is 0 Å². The third-order valence-corrected chi connectivity index (χ3v) is 5.71. The molecule has 3 heterocycles. The smallest absolute Gasteiger partial charge is 0.240 e. The molecule has 0 amide bonds. The molecule has 0 N–H and O–H groups in total. The van der Waals surface area contributed by atoms with Crippen molar-refractivity contribution in [2.45, 2.75) is 51.1 Å². The van der Waals surface area contributed by atoms with E-state index in [1.807, 2.05) is 17.9 Å². The Hall–Kier alpha value is -1.73. The van der Waals surface area contributed by atoms with Crippen molar-refractivity contribution in [1.29, 1.82) is 0 Å². The van der Waals surface area contributed by atoms with Crippen molar-refractivity contribution in [1.82, 2.24) is 29.7 Å². The Morgan fingerprint density at radius 2 is 2.15 bits per heavy atom. The summed E-state index contributed by atoms with van der Waals surface area (Å²) in [7, 11) is 4.16. The summed E-state index contributed by atoms with van der Waals surface area (Å²) in [5.41, 5.74) is 1.33. The molecule has 1 aliphatic carbocycles. The number of nitrogens with zero attached hydrogens (tertiary/aromatic N) is 6. The third kappa shape index (κ3) is 3.83. The van der Waals surface area contributed by atoms with Crippen LogP contribution in [0.1, 0.15) is 61.8 Å². The SMILES string of the molecule is CCN1CCC[C@@H](CN(C)Cc2nc(C3CC3)no2)[C@@H]1c1cnn(C)c1. The first-order chi connectivity index (χ1) is 12.6. The van der Waals surface area contributed by atoms with Crippen LogP contribution in [0, 0.1) is 5.92 Å². The van der Waals surface area contributed by atoms with Crippen LogP contribution in [-0.4, -0.2) is 56.4 Å². The minimum Gasteiger partial charge on any atom is -0.338 e. The zero-order valence-electron chi connectivity index (χ0n) is 16.1. The lowest BCUT2D eigenvalue weighted by Gasteiger charge is -2.41. The number of piperidine rings is 1. The lowest BCUT2D eigenvalue weighted by Crippen LogP contribution is -2.42. The molecule has 2 atom stereocenters. The van der Waals surface area contributed by atoms with Gasteiger partial charge in [0.1, 0.15) is 0 Å². The van der Waals surface area contributed by atoms with Crippen molar-refractivity contribution in [2.75, 3.05) is 26.7 Å². The molecule has 26 heavy (non-hydrogen) atoms. The van der Waals surface area contributed by atoms with E-state index in [2.05, 4.69) is 45.2 Å². The monoisotopic (exact) mass is 358 g/mol. The van der Waals surface area contributed by atoms with Gasteiger partial charge in [0.15, 0.2) is 5.82 Å². The zero-order chi connectivity index (χ0) is 18.1. The van der Waals surface area contributed by atoms with Crippen molar-refractivity contribution in [2.24, 2.45) is 13.0 Å². The van der Waals surface area contributed by atoms with Gasteiger partial charge >= 0.3 is 0 Å². The van der Waals surface area contributed by atoms with Gasteiger partial charge in [0, 0.05) is 37.3 Å². The minimum absolute atomic E-state index is 0.439. The van der Waals surface area contributed by atoms with E-state index >= 15 is 0 Å². The van der Waals surface area contributed by atoms with Gasteiger partial charge in [-0.25, -0.2) is 0 Å². The van der Waals surface area contributed by atoms with Gasteiger partial charge < -0.3 is 4.52 Å². The van der Waals surface area contributed by atoms with Crippen molar-refractivity contribution in [3.63, 3.8) is 0 Å². The molecule has 2 aromatic heterocycles. The van der Waals surface area contributed by atoms with Crippen molar-refractivity contribution in [3.8, 4) is 0 Å². The summed E-state index contributed by atoms with van der Waals surface area (Å²) in [6, 6.07) is 0.439. The standard InChI is InChI=1S/C19H30N6O/c1-4-25-9-5-6-15(18(25)16-10-20-24(3)12-16)11-23(2)13-17-21-19(22-26-17)14-7-8-14/h10,12,14-15,18H,4-9,11,13H2,1-3H3/t15-,18+/m0/s1. The molecule has 2 fully saturated rings. The van der Waals surface area contributed by atoms with E-state index in [1.54, 1.807) is 0 Å². The van der Waals surface area contributed by atoms with E-state index in [1.165, 1.54) is 37.8 Å². The normalized spacial score (nSPS) is 24.5. The van der Waals surface area contributed by atoms with Crippen LogP contribution < -0.4 is 0 Å². The summed E-state index contributed by atoms with van der Waals surface area (Å²) >= 11 is 0. The van der Waals surface area contributed by atoms with E-state index in [-0.39, 0.29) is 0 Å². The van der Waals surface area contributed by atoms with Crippen molar-refractivity contribution in [3.05, 3.63) is 29.7 Å². The van der Waals surface area contributed by atoms with E-state index in [0.29, 0.717) is 17.9 Å². The van der Waals surface area contributed by atoms with E-state index in [4.69, 9.17) is 4.52 Å². The second kappa shape index (κ2) is 7.48. The van der Waals surface area contributed by atoms with Gasteiger partial charge in [-0.3, -0.25) is 14.5 Å². The average molecular weight is 358 g/mol. The maximum absolute atomic E-state index is 5.46. The van der Waals surface area contributed by atoms with Crippen molar-refractivity contribution < 1.29 is 4.52 Å². The first-order valence-corrected chi connectivity index (χ1v) is 9.87. The highest BCUT2D eigenvalue weighted by Crippen LogP contribution is 2.38. The molecule has 142 valence electrons. The number of hydrogen-bond acceptors (Lipinski definition) is 6. The largest absolute Gasteiger partial charge is 0.338 e. The first kappa shape index (κ1) is 17.7. The van der Waals surface area contributed by atoms with Crippen LogP contribution in [0.15, 0.2) is 16.9 Å². The Morgan fingerprint density at radius 1 is 1.31 bits per heavy atom. The molecule has 2 aromatic rings. The molecule has 0 aromatic carbocycles. The molecule has 0 bridgehead atoms. The fourth-order valence-electron chi connectivity index (χ4n) is 4.31. The van der Waals surface area contributed by atoms with Crippen LogP contribution in [0.4, 0.5) is 0 Å². The van der Waals surface area contributed by atoms with E-state index in [0.717, 1.165) is 31.3 Å². The Balaban J connectivity index is 1.43. The Kier molecular flexibility index (Phi) is 5.09. The summed E-state index contributed by atoms with van der Waals surface area (Å²) in [6.07, 6.45) is 9.12. The van der Waals surface area contributed by atoms with Crippen LogP contribution >= 0.6 is 0 Å². The predicted molar refractivity (Wildman–Crippen MR) is 98.5 cm³/mol. The highest BCUT2D eigenvalue weighted by Gasteiger charge is 2.34. The van der Waals surface area contributed by atoms with Crippen LogP contribution in [0.25, 0.3) is 0 Å². The fraction of sp³-hybridized carbons (Fsp3) is 0.737. The molecule has 1 saturated carbocycles. The summed E-state index contributed by atoms with van der Waals surface area (Å²) in [6.45, 7) is 6.26. The van der Waals surface area contributed by atoms with Crippen LogP contribution in [0.5, 0.6) is 0 Å². The molecule has 1 aliphatic heterocycles. The van der Waals surface area contributed by atoms with E-state index < -0.39 is 0 Å². The number of rotatable bonds is 7. The lowest BCUT2D eigenvalue weighted by atomic mass is 9.85. The second-order valence-electron chi connectivity index (χ2n) is 7.94. The lowest BCUT2D eigenvalue weighted by molar-refractivity contribution is 0.0726. The maximum Gasteiger partial charge on any atom is 0.240 e. The van der Waals surface area contributed by atoms with Gasteiger partial charge in [-0.05, 0) is 51.7 Å². The quantitative estimate of drug-likeness (QED) is 0.758.